The first-order valence-electron chi connectivity index (χ1n) is 7.43. The second-order valence-corrected chi connectivity index (χ2v) is 5.50. The van der Waals surface area contributed by atoms with Crippen molar-refractivity contribution in [1.29, 1.82) is 0 Å². The number of nitrogens with zero attached hydrogens (tertiary/aromatic N) is 1. The van der Waals surface area contributed by atoms with E-state index in [1.165, 1.54) is 12.1 Å². The number of carbonyl (C=O) groups is 2. The summed E-state index contributed by atoms with van der Waals surface area (Å²) in [6.07, 6.45) is -2.39. The van der Waals surface area contributed by atoms with E-state index < -0.39 is 18.3 Å². The third kappa shape index (κ3) is 5.41. The summed E-state index contributed by atoms with van der Waals surface area (Å²) < 4.78 is 40.0. The van der Waals surface area contributed by atoms with Crippen LogP contribution in [0.1, 0.15) is 19.3 Å². The smallest absolute Gasteiger partial charge is 0.406 e. The van der Waals surface area contributed by atoms with Gasteiger partial charge in [0.15, 0.2) is 0 Å². The second-order valence-electron chi connectivity index (χ2n) is 5.50. The first-order valence-corrected chi connectivity index (χ1v) is 7.43. The van der Waals surface area contributed by atoms with Gasteiger partial charge < -0.3 is 15.8 Å². The molecule has 0 spiro atoms. The van der Waals surface area contributed by atoms with E-state index in [4.69, 9.17) is 5.73 Å². The fourth-order valence-electron chi connectivity index (χ4n) is 2.63. The first-order chi connectivity index (χ1) is 11.2. The van der Waals surface area contributed by atoms with Crippen molar-refractivity contribution in [3.8, 4) is 5.75 Å². The van der Waals surface area contributed by atoms with Gasteiger partial charge in [-0.3, -0.25) is 14.5 Å². The number of alkyl halides is 3. The quantitative estimate of drug-likeness (QED) is 0.853. The number of hydrogen-bond acceptors (Lipinski definition) is 4. The molecule has 1 unspecified atom stereocenters. The highest BCUT2D eigenvalue weighted by molar-refractivity contribution is 5.92. The van der Waals surface area contributed by atoms with Crippen molar-refractivity contribution in [2.24, 2.45) is 5.73 Å². The molecule has 1 fully saturated rings. The number of anilines is 1. The predicted molar refractivity (Wildman–Crippen MR) is 80.2 cm³/mol. The molecule has 1 heterocycles. The zero-order valence-corrected chi connectivity index (χ0v) is 12.8. The van der Waals surface area contributed by atoms with Gasteiger partial charge in [-0.25, -0.2) is 0 Å². The Morgan fingerprint density at radius 2 is 1.92 bits per heavy atom. The van der Waals surface area contributed by atoms with Crippen molar-refractivity contribution in [2.75, 3.05) is 18.4 Å². The first kappa shape index (κ1) is 18.1. The van der Waals surface area contributed by atoms with Gasteiger partial charge in [-0.1, -0.05) is 6.42 Å². The highest BCUT2D eigenvalue weighted by atomic mass is 19.4. The highest BCUT2D eigenvalue weighted by Crippen LogP contribution is 2.24. The number of likely N-dealkylation sites (tertiary alicyclic amines) is 1. The van der Waals surface area contributed by atoms with Crippen LogP contribution in [-0.4, -0.2) is 42.2 Å². The Morgan fingerprint density at radius 3 is 2.50 bits per heavy atom. The van der Waals surface area contributed by atoms with Crippen LogP contribution in [0.4, 0.5) is 18.9 Å². The molecular weight excluding hydrogens is 327 g/mol. The molecule has 1 atom stereocenters. The summed E-state index contributed by atoms with van der Waals surface area (Å²) in [5.41, 5.74) is 5.67. The zero-order chi connectivity index (χ0) is 17.7. The molecule has 0 radical (unpaired) electrons. The maximum Gasteiger partial charge on any atom is 0.573 e. The Bertz CT molecular complexity index is 590. The van der Waals surface area contributed by atoms with Crippen LogP contribution in [0.5, 0.6) is 5.75 Å². The van der Waals surface area contributed by atoms with Crippen LogP contribution in [0.25, 0.3) is 0 Å². The standard InChI is InChI=1S/C15H18F3N3O3/c16-15(17,18)24-11-6-4-10(5-7-11)20-13(22)9-21-8-2-1-3-12(21)14(19)23/h4-7,12H,1-3,8-9H2,(H2,19,23)(H,20,22). The van der Waals surface area contributed by atoms with Crippen LogP contribution in [0.15, 0.2) is 24.3 Å². The molecule has 0 aromatic heterocycles. The molecule has 0 bridgehead atoms. The van der Waals surface area contributed by atoms with Crippen LogP contribution in [0.2, 0.25) is 0 Å². The lowest BCUT2D eigenvalue weighted by molar-refractivity contribution is -0.274. The number of nitrogens with two attached hydrogens (primary N) is 1. The Kier molecular flexibility index (Phi) is 5.66. The Balaban J connectivity index is 1.91. The zero-order valence-electron chi connectivity index (χ0n) is 12.8. The molecule has 24 heavy (non-hydrogen) atoms. The molecule has 1 aromatic rings. The van der Waals surface area contributed by atoms with E-state index in [0.717, 1.165) is 25.0 Å². The number of primary amides is 1. The maximum atomic E-state index is 12.1. The van der Waals surface area contributed by atoms with Crippen molar-refractivity contribution >= 4 is 17.5 Å². The van der Waals surface area contributed by atoms with Gasteiger partial charge in [0, 0.05) is 5.69 Å². The minimum atomic E-state index is -4.76. The van der Waals surface area contributed by atoms with E-state index in [1.54, 1.807) is 4.90 Å². The van der Waals surface area contributed by atoms with Crippen molar-refractivity contribution in [2.45, 2.75) is 31.7 Å². The molecule has 2 amide bonds. The summed E-state index contributed by atoms with van der Waals surface area (Å²) in [6.45, 7) is 0.591. The van der Waals surface area contributed by atoms with Gasteiger partial charge in [0.2, 0.25) is 11.8 Å². The van der Waals surface area contributed by atoms with E-state index in [2.05, 4.69) is 10.1 Å². The molecule has 0 saturated carbocycles. The van der Waals surface area contributed by atoms with Gasteiger partial charge in [0.25, 0.3) is 0 Å². The average molecular weight is 345 g/mol. The number of halogens is 3. The van der Waals surface area contributed by atoms with E-state index in [9.17, 15) is 22.8 Å². The van der Waals surface area contributed by atoms with Gasteiger partial charge in [-0.15, -0.1) is 13.2 Å². The summed E-state index contributed by atoms with van der Waals surface area (Å²) in [6, 6.07) is 4.36. The summed E-state index contributed by atoms with van der Waals surface area (Å²) >= 11 is 0. The fourth-order valence-corrected chi connectivity index (χ4v) is 2.63. The highest BCUT2D eigenvalue weighted by Gasteiger charge is 2.31. The lowest BCUT2D eigenvalue weighted by atomic mass is 10.0. The van der Waals surface area contributed by atoms with E-state index in [0.29, 0.717) is 18.7 Å². The lowest BCUT2D eigenvalue weighted by Gasteiger charge is -2.32. The third-order valence-corrected chi connectivity index (χ3v) is 3.66. The number of nitrogens with one attached hydrogen (secondary N) is 1. The molecular formula is C15H18F3N3O3. The molecule has 9 heteroatoms. The van der Waals surface area contributed by atoms with Crippen molar-refractivity contribution in [3.05, 3.63) is 24.3 Å². The van der Waals surface area contributed by atoms with Gasteiger partial charge >= 0.3 is 6.36 Å². The predicted octanol–water partition coefficient (Wildman–Crippen LogP) is 1.86. The average Bonchev–Trinajstić information content (AvgIpc) is 2.48. The van der Waals surface area contributed by atoms with Gasteiger partial charge in [-0.2, -0.15) is 0 Å². The van der Waals surface area contributed by atoms with E-state index in [1.807, 2.05) is 0 Å². The lowest BCUT2D eigenvalue weighted by Crippen LogP contribution is -2.50. The molecule has 6 nitrogen and oxygen atoms in total. The van der Waals surface area contributed by atoms with Crippen LogP contribution in [-0.2, 0) is 9.59 Å². The molecule has 1 aliphatic rings. The number of ether oxygens (including phenoxy) is 1. The summed E-state index contributed by atoms with van der Waals surface area (Å²) in [4.78, 5) is 25.2. The summed E-state index contributed by atoms with van der Waals surface area (Å²) in [5.74, 6) is -1.20. The minimum absolute atomic E-state index is 0.00555. The molecule has 132 valence electrons. The molecule has 3 N–H and O–H groups in total. The Hall–Kier alpha value is -2.29. The number of hydrogen-bond donors (Lipinski definition) is 2. The fraction of sp³-hybridized carbons (Fsp3) is 0.467. The second kappa shape index (κ2) is 7.52. The monoisotopic (exact) mass is 345 g/mol. The summed E-state index contributed by atoms with van der Waals surface area (Å²) in [5, 5.41) is 2.57. The number of rotatable bonds is 5. The van der Waals surface area contributed by atoms with Crippen molar-refractivity contribution in [3.63, 3.8) is 0 Å². The normalized spacial score (nSPS) is 18.9. The molecule has 1 aliphatic heterocycles. The van der Waals surface area contributed by atoms with Gasteiger partial charge in [0.05, 0.1) is 12.6 Å². The third-order valence-electron chi connectivity index (χ3n) is 3.66. The Morgan fingerprint density at radius 1 is 1.25 bits per heavy atom. The van der Waals surface area contributed by atoms with Crippen LogP contribution in [0, 0.1) is 0 Å². The number of carbonyl (C=O) groups excluding carboxylic acids is 2. The summed E-state index contributed by atoms with van der Waals surface area (Å²) in [7, 11) is 0. The Labute approximate surface area is 136 Å². The number of amides is 2. The van der Waals surface area contributed by atoms with Gasteiger partial charge in [0.1, 0.15) is 5.75 Å². The van der Waals surface area contributed by atoms with Crippen LogP contribution >= 0.6 is 0 Å². The minimum Gasteiger partial charge on any atom is -0.406 e. The van der Waals surface area contributed by atoms with Crippen molar-refractivity contribution < 1.29 is 27.5 Å². The molecule has 0 aliphatic carbocycles. The molecule has 1 saturated heterocycles. The van der Waals surface area contributed by atoms with Crippen LogP contribution in [0.3, 0.4) is 0 Å². The van der Waals surface area contributed by atoms with Gasteiger partial charge in [-0.05, 0) is 43.7 Å². The maximum absolute atomic E-state index is 12.1. The van der Waals surface area contributed by atoms with Crippen LogP contribution < -0.4 is 15.8 Å². The molecule has 2 rings (SSSR count). The topological polar surface area (TPSA) is 84.7 Å². The van der Waals surface area contributed by atoms with E-state index >= 15 is 0 Å². The SMILES string of the molecule is NC(=O)C1CCCCN1CC(=O)Nc1ccc(OC(F)(F)F)cc1. The van der Waals surface area contributed by atoms with Crippen molar-refractivity contribution in [1.82, 2.24) is 4.90 Å². The van der Waals surface area contributed by atoms with E-state index in [-0.39, 0.29) is 18.2 Å². The molecule has 1 aromatic carbocycles. The number of piperidine rings is 1. The number of benzene rings is 1. The largest absolute Gasteiger partial charge is 0.573 e.